The van der Waals surface area contributed by atoms with Crippen molar-refractivity contribution < 1.29 is 4.52 Å². The van der Waals surface area contributed by atoms with Crippen molar-refractivity contribution in [2.24, 2.45) is 0 Å². The summed E-state index contributed by atoms with van der Waals surface area (Å²) in [4.78, 5) is 6.91. The van der Waals surface area contributed by atoms with Gasteiger partial charge < -0.3 is 4.52 Å². The van der Waals surface area contributed by atoms with Gasteiger partial charge in [0, 0.05) is 18.2 Å². The van der Waals surface area contributed by atoms with E-state index < -0.39 is 0 Å². The lowest BCUT2D eigenvalue weighted by Gasteiger charge is -2.24. The number of hydrogen-bond donors (Lipinski definition) is 0. The van der Waals surface area contributed by atoms with Gasteiger partial charge in [-0.25, -0.2) is 9.67 Å². The van der Waals surface area contributed by atoms with Gasteiger partial charge in [0.15, 0.2) is 0 Å². The largest absolute Gasteiger partial charge is 0.361 e. The van der Waals surface area contributed by atoms with Crippen LogP contribution in [0.4, 0.5) is 0 Å². The second-order valence-corrected chi connectivity index (χ2v) is 5.96. The Kier molecular flexibility index (Phi) is 3.80. The molecule has 1 aliphatic rings. The zero-order chi connectivity index (χ0) is 15.0. The molecule has 0 radical (unpaired) electrons. The van der Waals surface area contributed by atoms with Crippen LogP contribution >= 0.6 is 0 Å². The molecule has 3 rings (SSSR count). The summed E-state index contributed by atoms with van der Waals surface area (Å²) in [5.41, 5.74) is 2.24. The average Bonchev–Trinajstić information content (AvgIpc) is 3.08. The molecule has 6 nitrogen and oxygen atoms in total. The number of likely N-dealkylation sites (tertiary alicyclic amines) is 1. The minimum Gasteiger partial charge on any atom is -0.361 e. The number of aryl methyl sites for hydroxylation is 4. The fourth-order valence-electron chi connectivity index (χ4n) is 3.17. The van der Waals surface area contributed by atoms with E-state index in [1.807, 2.05) is 32.4 Å². The highest BCUT2D eigenvalue weighted by atomic mass is 16.5. The summed E-state index contributed by atoms with van der Waals surface area (Å²) in [5.74, 6) is 2.78. The van der Waals surface area contributed by atoms with E-state index in [9.17, 15) is 0 Å². The van der Waals surface area contributed by atoms with Crippen LogP contribution in [-0.4, -0.2) is 37.4 Å². The van der Waals surface area contributed by atoms with Crippen LogP contribution in [0.15, 0.2) is 4.52 Å². The number of rotatable bonds is 4. The van der Waals surface area contributed by atoms with Gasteiger partial charge >= 0.3 is 0 Å². The minimum absolute atomic E-state index is 0.512. The van der Waals surface area contributed by atoms with E-state index in [4.69, 9.17) is 4.52 Å². The average molecular weight is 289 g/mol. The summed E-state index contributed by atoms with van der Waals surface area (Å²) in [6.07, 6.45) is 2.45. The van der Waals surface area contributed by atoms with Gasteiger partial charge in [-0.05, 0) is 47.1 Å². The molecule has 1 fully saturated rings. The van der Waals surface area contributed by atoms with E-state index in [1.54, 1.807) is 0 Å². The molecule has 21 heavy (non-hydrogen) atoms. The maximum Gasteiger partial charge on any atom is 0.147 e. The monoisotopic (exact) mass is 289 g/mol. The van der Waals surface area contributed by atoms with Crippen LogP contribution in [0.25, 0.3) is 0 Å². The molecule has 0 N–H and O–H groups in total. The van der Waals surface area contributed by atoms with Crippen molar-refractivity contribution in [2.75, 3.05) is 6.54 Å². The molecule has 0 bridgehead atoms. The van der Waals surface area contributed by atoms with Gasteiger partial charge in [0.05, 0.1) is 12.2 Å². The van der Waals surface area contributed by atoms with Gasteiger partial charge in [-0.2, -0.15) is 5.10 Å². The van der Waals surface area contributed by atoms with Gasteiger partial charge in [-0.3, -0.25) is 4.90 Å². The van der Waals surface area contributed by atoms with Crippen molar-refractivity contribution in [1.82, 2.24) is 24.8 Å². The summed E-state index contributed by atoms with van der Waals surface area (Å²) in [6, 6.07) is 0.512. The van der Waals surface area contributed by atoms with Crippen LogP contribution in [0.5, 0.6) is 0 Å². The van der Waals surface area contributed by atoms with Crippen molar-refractivity contribution >= 4 is 0 Å². The zero-order valence-corrected chi connectivity index (χ0v) is 13.3. The molecule has 0 spiro atoms. The molecule has 1 saturated heterocycles. The molecular formula is C15H23N5O. The third-order valence-electron chi connectivity index (χ3n) is 4.39. The summed E-state index contributed by atoms with van der Waals surface area (Å²) in [5, 5.41) is 8.54. The molecule has 0 unspecified atom stereocenters. The van der Waals surface area contributed by atoms with Crippen LogP contribution in [0.3, 0.4) is 0 Å². The first-order chi connectivity index (χ1) is 10.0. The highest BCUT2D eigenvalue weighted by Gasteiger charge is 2.27. The summed E-state index contributed by atoms with van der Waals surface area (Å²) in [7, 11) is 0. The highest BCUT2D eigenvalue weighted by molar-refractivity contribution is 5.20. The Bertz CT molecular complexity index is 611. The van der Waals surface area contributed by atoms with Crippen molar-refractivity contribution in [3.8, 4) is 0 Å². The van der Waals surface area contributed by atoms with E-state index in [0.717, 1.165) is 42.7 Å². The van der Waals surface area contributed by atoms with E-state index in [-0.39, 0.29) is 0 Å². The summed E-state index contributed by atoms with van der Waals surface area (Å²) < 4.78 is 7.31. The molecule has 6 heteroatoms. The van der Waals surface area contributed by atoms with E-state index in [1.165, 1.54) is 18.4 Å². The van der Waals surface area contributed by atoms with Crippen LogP contribution in [0, 0.1) is 27.7 Å². The van der Waals surface area contributed by atoms with E-state index >= 15 is 0 Å². The van der Waals surface area contributed by atoms with Crippen LogP contribution in [0.2, 0.25) is 0 Å². The molecule has 2 aromatic heterocycles. The van der Waals surface area contributed by atoms with Crippen molar-refractivity contribution in [2.45, 2.75) is 59.7 Å². The summed E-state index contributed by atoms with van der Waals surface area (Å²) >= 11 is 0. The fraction of sp³-hybridized carbons (Fsp3) is 0.667. The van der Waals surface area contributed by atoms with Gasteiger partial charge in [-0.15, -0.1) is 0 Å². The number of aromatic nitrogens is 4. The van der Waals surface area contributed by atoms with E-state index in [0.29, 0.717) is 6.04 Å². The lowest BCUT2D eigenvalue weighted by atomic mass is 10.1. The molecule has 1 aliphatic heterocycles. The van der Waals surface area contributed by atoms with Crippen LogP contribution < -0.4 is 0 Å². The molecule has 0 amide bonds. The predicted molar refractivity (Wildman–Crippen MR) is 78.9 cm³/mol. The van der Waals surface area contributed by atoms with Crippen molar-refractivity contribution in [1.29, 1.82) is 0 Å². The summed E-state index contributed by atoms with van der Waals surface area (Å²) in [6.45, 7) is 10.9. The quantitative estimate of drug-likeness (QED) is 0.863. The molecule has 1 atom stereocenters. The Morgan fingerprint density at radius 3 is 2.67 bits per heavy atom. The maximum atomic E-state index is 5.28. The lowest BCUT2D eigenvalue weighted by molar-refractivity contribution is 0.216. The molecule has 2 aromatic rings. The smallest absolute Gasteiger partial charge is 0.147 e. The standard InChI is InChI=1S/C15H23N5O/c1-10-15(11(2)21-18-10)9-19-7-5-6-14(19)8-20-13(4)16-12(3)17-20/h14H,5-9H2,1-4H3/t14-/m1/s1. The van der Waals surface area contributed by atoms with Gasteiger partial charge in [0.1, 0.15) is 17.4 Å². The van der Waals surface area contributed by atoms with Crippen molar-refractivity contribution in [3.05, 3.63) is 28.7 Å². The number of hydrogen-bond acceptors (Lipinski definition) is 5. The maximum absolute atomic E-state index is 5.28. The molecular weight excluding hydrogens is 266 g/mol. The van der Waals surface area contributed by atoms with Gasteiger partial charge in [0.2, 0.25) is 0 Å². The van der Waals surface area contributed by atoms with E-state index in [2.05, 4.69) is 20.1 Å². The minimum atomic E-state index is 0.512. The second kappa shape index (κ2) is 5.60. The van der Waals surface area contributed by atoms with Gasteiger partial charge in [0.25, 0.3) is 0 Å². The Balaban J connectivity index is 1.72. The normalized spacial score (nSPS) is 19.5. The molecule has 0 saturated carbocycles. The second-order valence-electron chi connectivity index (χ2n) is 5.96. The third-order valence-corrected chi connectivity index (χ3v) is 4.39. The highest BCUT2D eigenvalue weighted by Crippen LogP contribution is 2.24. The Hall–Kier alpha value is -1.69. The molecule has 3 heterocycles. The Morgan fingerprint density at radius 2 is 2.05 bits per heavy atom. The van der Waals surface area contributed by atoms with Crippen molar-refractivity contribution in [3.63, 3.8) is 0 Å². The van der Waals surface area contributed by atoms with Gasteiger partial charge in [-0.1, -0.05) is 5.16 Å². The fourth-order valence-corrected chi connectivity index (χ4v) is 3.17. The Labute approximate surface area is 125 Å². The third kappa shape index (κ3) is 2.85. The first-order valence-corrected chi connectivity index (χ1v) is 7.58. The lowest BCUT2D eigenvalue weighted by Crippen LogP contribution is -2.33. The molecule has 0 aromatic carbocycles. The predicted octanol–water partition coefficient (Wildman–Crippen LogP) is 2.16. The first kappa shape index (κ1) is 14.3. The molecule has 114 valence electrons. The first-order valence-electron chi connectivity index (χ1n) is 7.58. The number of nitrogens with zero attached hydrogens (tertiary/aromatic N) is 5. The van der Waals surface area contributed by atoms with Crippen LogP contribution in [-0.2, 0) is 13.1 Å². The zero-order valence-electron chi connectivity index (χ0n) is 13.3. The SMILES string of the molecule is Cc1nc(C)n(C[C@H]2CCCN2Cc2c(C)noc2C)n1. The van der Waals surface area contributed by atoms with Crippen LogP contribution in [0.1, 0.15) is 41.5 Å². The molecule has 0 aliphatic carbocycles. The topological polar surface area (TPSA) is 60.0 Å². The Morgan fingerprint density at radius 1 is 1.24 bits per heavy atom.